The van der Waals surface area contributed by atoms with Crippen LogP contribution >= 0.6 is 0 Å². The van der Waals surface area contributed by atoms with Gasteiger partial charge in [-0.25, -0.2) is 0 Å². The summed E-state index contributed by atoms with van der Waals surface area (Å²) in [6.45, 7) is 12.0. The van der Waals surface area contributed by atoms with Gasteiger partial charge in [0.25, 0.3) is 0 Å². The van der Waals surface area contributed by atoms with E-state index in [1.807, 2.05) is 3.28 Å². The van der Waals surface area contributed by atoms with E-state index in [4.69, 9.17) is 0 Å². The van der Waals surface area contributed by atoms with Crippen LogP contribution in [0.15, 0.2) is 57.0 Å². The van der Waals surface area contributed by atoms with Crippen molar-refractivity contribution in [3.05, 3.63) is 79.3 Å². The van der Waals surface area contributed by atoms with Gasteiger partial charge >= 0.3 is 165 Å². The Morgan fingerprint density at radius 2 is 1.37 bits per heavy atom. The van der Waals surface area contributed by atoms with Gasteiger partial charge in [-0.1, -0.05) is 0 Å². The Bertz CT molecular complexity index is 871. The van der Waals surface area contributed by atoms with Gasteiger partial charge in [-0.15, -0.1) is 0 Å². The summed E-state index contributed by atoms with van der Waals surface area (Å²) in [5.74, 6) is 0. The first-order valence-electron chi connectivity index (χ1n) is 9.23. The van der Waals surface area contributed by atoms with Crippen LogP contribution in [0.25, 0.3) is 11.1 Å². The summed E-state index contributed by atoms with van der Waals surface area (Å²) in [6.07, 6.45) is 6.11. The number of allylic oxidation sites excluding steroid dienone is 4. The first-order chi connectivity index (χ1) is 11.8. The Kier molecular flexibility index (Phi) is 7.24. The van der Waals surface area contributed by atoms with Crippen LogP contribution in [0.3, 0.4) is 0 Å². The molecule has 0 amide bonds. The Morgan fingerprint density at radius 1 is 0.852 bits per heavy atom. The second-order valence-electron chi connectivity index (χ2n) is 8.51. The van der Waals surface area contributed by atoms with Crippen LogP contribution in [0.1, 0.15) is 32.3 Å². The van der Waals surface area contributed by atoms with Gasteiger partial charge in [0.1, 0.15) is 0 Å². The molecule has 4 heteroatoms. The van der Waals surface area contributed by atoms with Crippen LogP contribution in [-0.2, 0) is 23.2 Å². The number of rotatable bonds is 3. The summed E-state index contributed by atoms with van der Waals surface area (Å²) in [5, 5.41) is 1.76. The van der Waals surface area contributed by atoms with Gasteiger partial charge in [0.05, 0.1) is 0 Å². The van der Waals surface area contributed by atoms with Crippen molar-refractivity contribution in [1.82, 2.24) is 0 Å². The molecule has 0 radical (unpaired) electrons. The summed E-state index contributed by atoms with van der Waals surface area (Å²) >= 11 is -0.706. The number of fused-ring (bicyclic) bond motifs is 3. The van der Waals surface area contributed by atoms with Crippen molar-refractivity contribution in [2.45, 2.75) is 43.5 Å². The quantitative estimate of drug-likeness (QED) is 0.550. The zero-order chi connectivity index (χ0) is 17.8. The Morgan fingerprint density at radius 3 is 1.85 bits per heavy atom. The monoisotopic (exact) mass is 490 g/mol. The van der Waals surface area contributed by atoms with Gasteiger partial charge in [-0.2, -0.15) is 0 Å². The van der Waals surface area contributed by atoms with Crippen LogP contribution in [0, 0.1) is 13.8 Å². The molecule has 2 aromatic rings. The van der Waals surface area contributed by atoms with Crippen molar-refractivity contribution < 1.29 is 48.0 Å². The molecule has 0 aliphatic heterocycles. The number of halogens is 2. The van der Waals surface area contributed by atoms with Gasteiger partial charge in [0.15, 0.2) is 0 Å². The third kappa shape index (κ3) is 4.30. The standard InChI is InChI=1S/C15H13.C8H13Si.2ClH.Zr/c1-10-3-5-14-12(7-10)9-13-8-11(2)4-6-15(13)14;1-9(2,3)8-6-4-5-7-8;;;/h3-9H,1-2H3;4,6H,5H2,1-3H3;2*1H;/q;;;;+2/p-2. The molecular weight excluding hydrogens is 466 g/mol. The maximum atomic E-state index is 2.50. The molecule has 2 aliphatic rings. The fourth-order valence-electron chi connectivity index (χ4n) is 4.17. The van der Waals surface area contributed by atoms with E-state index >= 15 is 0 Å². The number of benzene rings is 2. The maximum Gasteiger partial charge on any atom is -1.00 e. The van der Waals surface area contributed by atoms with Gasteiger partial charge < -0.3 is 24.8 Å². The first kappa shape index (κ1) is 22.9. The molecule has 0 bridgehead atoms. The molecule has 0 saturated carbocycles. The van der Waals surface area contributed by atoms with E-state index in [0.717, 1.165) is 0 Å². The van der Waals surface area contributed by atoms with E-state index < -0.39 is 31.3 Å². The minimum atomic E-state index is -1.23. The van der Waals surface area contributed by atoms with Crippen molar-refractivity contribution in [2.75, 3.05) is 0 Å². The van der Waals surface area contributed by atoms with Crippen LogP contribution < -0.4 is 24.8 Å². The van der Waals surface area contributed by atoms with Crippen molar-refractivity contribution in [2.24, 2.45) is 0 Å². The zero-order valence-electron chi connectivity index (χ0n) is 16.7. The molecular formula is C23H26Cl2SiZr. The SMILES string of the molecule is Cc1ccc2c(c1)[CH]([Zr+2][C]1=C([Si](C)(C)C)C=CC1)c1cc(C)ccc1-2.[Cl-].[Cl-]. The van der Waals surface area contributed by atoms with Gasteiger partial charge in [-0.05, 0) is 0 Å². The van der Waals surface area contributed by atoms with E-state index in [1.165, 1.54) is 28.7 Å². The topological polar surface area (TPSA) is 0 Å². The summed E-state index contributed by atoms with van der Waals surface area (Å²) < 4.78 is 2.55. The molecule has 2 aromatic carbocycles. The Hall–Kier alpha value is -0.400. The van der Waals surface area contributed by atoms with Crippen LogP contribution in [0.4, 0.5) is 0 Å². The van der Waals surface area contributed by atoms with Crippen molar-refractivity contribution in [3.63, 3.8) is 0 Å². The number of hydrogen-bond acceptors (Lipinski definition) is 0. The van der Waals surface area contributed by atoms with Crippen molar-refractivity contribution >= 4 is 8.07 Å². The van der Waals surface area contributed by atoms with Gasteiger partial charge in [0, 0.05) is 0 Å². The number of hydrogen-bond donors (Lipinski definition) is 0. The molecule has 2 aliphatic carbocycles. The molecule has 4 rings (SSSR count). The van der Waals surface area contributed by atoms with E-state index in [9.17, 15) is 0 Å². The van der Waals surface area contributed by atoms with Crippen molar-refractivity contribution in [1.29, 1.82) is 0 Å². The summed E-state index contributed by atoms with van der Waals surface area (Å²) in [5.41, 5.74) is 9.01. The summed E-state index contributed by atoms with van der Waals surface area (Å²) in [4.78, 5) is 0. The fourth-order valence-corrected chi connectivity index (χ4v) is 13.0. The van der Waals surface area contributed by atoms with E-state index in [-0.39, 0.29) is 24.8 Å². The second kappa shape index (κ2) is 8.54. The number of aryl methyl sites for hydroxylation is 2. The Balaban J connectivity index is 0.00000131. The second-order valence-corrected chi connectivity index (χ2v) is 17.2. The van der Waals surface area contributed by atoms with E-state index in [2.05, 4.69) is 82.0 Å². The van der Waals surface area contributed by atoms with Crippen LogP contribution in [-0.4, -0.2) is 8.07 Å². The molecule has 27 heavy (non-hydrogen) atoms. The summed E-state index contributed by atoms with van der Waals surface area (Å²) in [7, 11) is -1.23. The smallest absolute Gasteiger partial charge is 1.00 e. The fraction of sp³-hybridized carbons (Fsp3) is 0.304. The largest absolute Gasteiger partial charge is 1.00 e. The molecule has 140 valence electrons. The van der Waals surface area contributed by atoms with Gasteiger partial charge in [-0.3, -0.25) is 0 Å². The molecule has 0 N–H and O–H groups in total. The Labute approximate surface area is 188 Å². The predicted molar refractivity (Wildman–Crippen MR) is 107 cm³/mol. The molecule has 0 unspecified atom stereocenters. The average molecular weight is 493 g/mol. The molecule has 0 aromatic heterocycles. The van der Waals surface area contributed by atoms with Crippen LogP contribution in [0.2, 0.25) is 19.6 Å². The van der Waals surface area contributed by atoms with E-state index in [1.54, 1.807) is 16.3 Å². The van der Waals surface area contributed by atoms with Crippen molar-refractivity contribution in [3.8, 4) is 11.1 Å². The third-order valence-electron chi connectivity index (χ3n) is 5.38. The third-order valence-corrected chi connectivity index (χ3v) is 12.3. The molecule has 0 atom stereocenters. The first-order valence-corrected chi connectivity index (χ1v) is 15.4. The molecule has 0 nitrogen and oxygen atoms in total. The summed E-state index contributed by atoms with van der Waals surface area (Å²) in [6, 6.07) is 14.2. The van der Waals surface area contributed by atoms with Crippen LogP contribution in [0.5, 0.6) is 0 Å². The zero-order valence-corrected chi connectivity index (χ0v) is 21.6. The minimum Gasteiger partial charge on any atom is -1.00 e. The minimum absolute atomic E-state index is 0. The average Bonchev–Trinajstić information content (AvgIpc) is 3.11. The van der Waals surface area contributed by atoms with Gasteiger partial charge in [0.2, 0.25) is 0 Å². The molecule has 0 saturated heterocycles. The molecule has 0 fully saturated rings. The normalized spacial score (nSPS) is 15.0. The maximum absolute atomic E-state index is 2.50. The molecule has 0 spiro atoms. The van der Waals surface area contributed by atoms with E-state index in [0.29, 0.717) is 3.63 Å². The predicted octanol–water partition coefficient (Wildman–Crippen LogP) is 0.555. The molecule has 0 heterocycles.